The van der Waals surface area contributed by atoms with Crippen molar-refractivity contribution in [2.75, 3.05) is 44.8 Å². The SMILES string of the molecule is COc1ccc(/C=C(/NC(=O)c2ccccc2)C(=O)Nc2cccc(SCC(=O)Nc3ccc(OC)cc3OC)c2)c(OC)c1. The highest BCUT2D eigenvalue weighted by Crippen LogP contribution is 2.30. The number of hydrogen-bond donors (Lipinski definition) is 3. The molecule has 0 atom stereocenters. The van der Waals surface area contributed by atoms with Crippen LogP contribution in [0, 0.1) is 0 Å². The Morgan fingerprint density at radius 1 is 0.711 bits per heavy atom. The number of amides is 3. The maximum absolute atomic E-state index is 13.5. The Labute approximate surface area is 265 Å². The summed E-state index contributed by atoms with van der Waals surface area (Å²) in [6, 6.07) is 25.9. The third-order valence-electron chi connectivity index (χ3n) is 6.41. The fourth-order valence-electron chi connectivity index (χ4n) is 4.13. The second kappa shape index (κ2) is 15.9. The molecule has 0 fully saturated rings. The number of carbonyl (C=O) groups is 3. The van der Waals surface area contributed by atoms with Gasteiger partial charge in [0.25, 0.3) is 11.8 Å². The van der Waals surface area contributed by atoms with Crippen LogP contribution >= 0.6 is 11.8 Å². The van der Waals surface area contributed by atoms with Crippen molar-refractivity contribution in [2.45, 2.75) is 4.90 Å². The van der Waals surface area contributed by atoms with Crippen LogP contribution in [-0.2, 0) is 9.59 Å². The van der Waals surface area contributed by atoms with E-state index in [1.54, 1.807) is 99.1 Å². The van der Waals surface area contributed by atoms with Crippen molar-refractivity contribution in [2.24, 2.45) is 0 Å². The molecule has 45 heavy (non-hydrogen) atoms. The van der Waals surface area contributed by atoms with Gasteiger partial charge in [-0.3, -0.25) is 14.4 Å². The van der Waals surface area contributed by atoms with Gasteiger partial charge in [-0.15, -0.1) is 11.8 Å². The quantitative estimate of drug-likeness (QED) is 0.124. The minimum atomic E-state index is -0.552. The monoisotopic (exact) mass is 627 g/mol. The summed E-state index contributed by atoms with van der Waals surface area (Å²) in [5.74, 6) is 0.998. The molecule has 0 aliphatic rings. The van der Waals surface area contributed by atoms with E-state index in [4.69, 9.17) is 18.9 Å². The molecule has 4 rings (SSSR count). The van der Waals surface area contributed by atoms with Gasteiger partial charge in [-0.05, 0) is 60.7 Å². The first kappa shape index (κ1) is 32.5. The van der Waals surface area contributed by atoms with Gasteiger partial charge in [0.2, 0.25) is 5.91 Å². The van der Waals surface area contributed by atoms with E-state index in [2.05, 4.69) is 16.0 Å². The average Bonchev–Trinajstić information content (AvgIpc) is 3.07. The van der Waals surface area contributed by atoms with Crippen LogP contribution in [0.5, 0.6) is 23.0 Å². The number of nitrogens with one attached hydrogen (secondary N) is 3. The first-order valence-electron chi connectivity index (χ1n) is 13.7. The van der Waals surface area contributed by atoms with Gasteiger partial charge >= 0.3 is 0 Å². The van der Waals surface area contributed by atoms with Gasteiger partial charge in [-0.25, -0.2) is 0 Å². The van der Waals surface area contributed by atoms with Crippen LogP contribution in [0.25, 0.3) is 6.08 Å². The summed E-state index contributed by atoms with van der Waals surface area (Å²) in [4.78, 5) is 40.0. The molecule has 232 valence electrons. The van der Waals surface area contributed by atoms with Gasteiger partial charge in [0.1, 0.15) is 28.7 Å². The highest BCUT2D eigenvalue weighted by molar-refractivity contribution is 8.00. The topological polar surface area (TPSA) is 124 Å². The van der Waals surface area contributed by atoms with Crippen LogP contribution in [0.4, 0.5) is 11.4 Å². The van der Waals surface area contributed by atoms with Gasteiger partial charge in [-0.2, -0.15) is 0 Å². The maximum Gasteiger partial charge on any atom is 0.272 e. The molecule has 0 aliphatic heterocycles. The number of rotatable bonds is 13. The van der Waals surface area contributed by atoms with E-state index in [-0.39, 0.29) is 17.4 Å². The van der Waals surface area contributed by atoms with Gasteiger partial charge < -0.3 is 34.9 Å². The molecule has 4 aromatic rings. The van der Waals surface area contributed by atoms with Crippen LogP contribution in [0.15, 0.2) is 102 Å². The van der Waals surface area contributed by atoms with E-state index >= 15 is 0 Å². The van der Waals surface area contributed by atoms with Crippen LogP contribution in [0.2, 0.25) is 0 Å². The zero-order valence-electron chi connectivity index (χ0n) is 25.2. The standard InChI is InChI=1S/C34H33N3O7S/c1-41-25-14-13-23(30(19-25)43-3)17-29(37-33(39)22-9-6-5-7-10-22)34(40)35-24-11-8-12-27(18-24)45-21-32(38)36-28-16-15-26(42-2)20-31(28)44-4/h5-20H,21H2,1-4H3,(H,35,40)(H,36,38)(H,37,39)/b29-17+. The Balaban J connectivity index is 1.49. The fourth-order valence-corrected chi connectivity index (χ4v) is 4.89. The molecule has 0 unspecified atom stereocenters. The molecule has 0 saturated carbocycles. The summed E-state index contributed by atoms with van der Waals surface area (Å²) in [5, 5.41) is 8.41. The van der Waals surface area contributed by atoms with Crippen molar-refractivity contribution in [3.05, 3.63) is 108 Å². The largest absolute Gasteiger partial charge is 0.497 e. The van der Waals surface area contributed by atoms with E-state index in [1.807, 2.05) is 6.07 Å². The molecule has 0 heterocycles. The highest BCUT2D eigenvalue weighted by atomic mass is 32.2. The Morgan fingerprint density at radius 3 is 2.09 bits per heavy atom. The number of methoxy groups -OCH3 is 4. The summed E-state index contributed by atoms with van der Waals surface area (Å²) in [5.41, 5.74) is 1.94. The molecule has 11 heteroatoms. The zero-order chi connectivity index (χ0) is 32.2. The smallest absolute Gasteiger partial charge is 0.272 e. The van der Waals surface area contributed by atoms with Crippen molar-refractivity contribution in [3.8, 4) is 23.0 Å². The van der Waals surface area contributed by atoms with Crippen molar-refractivity contribution in [3.63, 3.8) is 0 Å². The summed E-state index contributed by atoms with van der Waals surface area (Å²) in [6.07, 6.45) is 1.53. The molecule has 0 radical (unpaired) electrons. The first-order chi connectivity index (χ1) is 21.8. The molecule has 3 N–H and O–H groups in total. The molecule has 0 spiro atoms. The van der Waals surface area contributed by atoms with E-state index in [9.17, 15) is 14.4 Å². The number of carbonyl (C=O) groups excluding carboxylic acids is 3. The minimum absolute atomic E-state index is 0.00167. The van der Waals surface area contributed by atoms with Gasteiger partial charge in [0.15, 0.2) is 0 Å². The first-order valence-corrected chi connectivity index (χ1v) is 14.7. The van der Waals surface area contributed by atoms with Gasteiger partial charge in [0, 0.05) is 33.8 Å². The number of anilines is 2. The van der Waals surface area contributed by atoms with Gasteiger partial charge in [-0.1, -0.05) is 24.3 Å². The van der Waals surface area contributed by atoms with E-state index < -0.39 is 11.8 Å². The number of thioether (sulfide) groups is 1. The van der Waals surface area contributed by atoms with Crippen LogP contribution in [-0.4, -0.2) is 51.9 Å². The second-order valence-electron chi connectivity index (χ2n) is 9.37. The van der Waals surface area contributed by atoms with Crippen molar-refractivity contribution in [1.82, 2.24) is 5.32 Å². The fraction of sp³-hybridized carbons (Fsp3) is 0.147. The Hall–Kier alpha value is -5.42. The molecule has 3 amide bonds. The third-order valence-corrected chi connectivity index (χ3v) is 7.41. The second-order valence-corrected chi connectivity index (χ2v) is 10.4. The zero-order valence-corrected chi connectivity index (χ0v) is 26.0. The lowest BCUT2D eigenvalue weighted by atomic mass is 10.1. The lowest BCUT2D eigenvalue weighted by molar-refractivity contribution is -0.114. The molecule has 0 aromatic heterocycles. The molecular weight excluding hydrogens is 594 g/mol. The normalized spacial score (nSPS) is 10.8. The van der Waals surface area contributed by atoms with Crippen molar-refractivity contribution < 1.29 is 33.3 Å². The molecular formula is C34H33N3O7S. The van der Waals surface area contributed by atoms with Gasteiger partial charge in [0.05, 0.1) is 39.9 Å². The van der Waals surface area contributed by atoms with Crippen LogP contribution in [0.1, 0.15) is 15.9 Å². The predicted octanol–water partition coefficient (Wildman–Crippen LogP) is 5.86. The molecule has 0 bridgehead atoms. The summed E-state index contributed by atoms with van der Waals surface area (Å²) in [6.45, 7) is 0. The summed E-state index contributed by atoms with van der Waals surface area (Å²) in [7, 11) is 6.11. The number of benzene rings is 4. The Morgan fingerprint density at radius 2 is 1.40 bits per heavy atom. The number of ether oxygens (including phenoxy) is 4. The number of hydrogen-bond acceptors (Lipinski definition) is 8. The van der Waals surface area contributed by atoms with E-state index in [1.165, 1.54) is 32.1 Å². The minimum Gasteiger partial charge on any atom is -0.497 e. The highest BCUT2D eigenvalue weighted by Gasteiger charge is 2.17. The molecule has 0 saturated heterocycles. The Kier molecular flexibility index (Phi) is 11.5. The summed E-state index contributed by atoms with van der Waals surface area (Å²) >= 11 is 1.30. The van der Waals surface area contributed by atoms with Crippen molar-refractivity contribution in [1.29, 1.82) is 0 Å². The Bertz CT molecular complexity index is 1690. The maximum atomic E-state index is 13.5. The van der Waals surface area contributed by atoms with Crippen molar-refractivity contribution >= 4 is 46.9 Å². The van der Waals surface area contributed by atoms with E-state index in [0.29, 0.717) is 45.5 Å². The lowest BCUT2D eigenvalue weighted by Gasteiger charge is -2.14. The molecule has 4 aromatic carbocycles. The van der Waals surface area contributed by atoms with Crippen LogP contribution in [0.3, 0.4) is 0 Å². The predicted molar refractivity (Wildman–Crippen MR) is 175 cm³/mol. The third kappa shape index (κ3) is 9.04. The molecule has 10 nitrogen and oxygen atoms in total. The average molecular weight is 628 g/mol. The summed E-state index contributed by atoms with van der Waals surface area (Å²) < 4.78 is 21.3. The molecule has 0 aliphatic carbocycles. The lowest BCUT2D eigenvalue weighted by Crippen LogP contribution is -2.30. The van der Waals surface area contributed by atoms with Crippen LogP contribution < -0.4 is 34.9 Å². The van der Waals surface area contributed by atoms with E-state index in [0.717, 1.165) is 4.90 Å².